The van der Waals surface area contributed by atoms with Gasteiger partial charge in [-0.25, -0.2) is 17.6 Å². The Kier molecular flexibility index (Phi) is 9.06. The van der Waals surface area contributed by atoms with Gasteiger partial charge in [-0.05, 0) is 99.5 Å². The van der Waals surface area contributed by atoms with Gasteiger partial charge in [0.15, 0.2) is 5.82 Å². The largest absolute Gasteiger partial charge is 0.508 e. The Hall–Kier alpha value is -4.93. The SMILES string of the molecule is C#Cc1c(F)ccc2cc(O)cc(-c3c(C(C)(C)N)cc4c(N(C)C[C@H]5N(C(=O)C=C)CCC5(F)F)nc(OCC56CCCN5CCC6)nc4c3F)c12. The van der Waals surface area contributed by atoms with Crippen LogP contribution in [0.15, 0.2) is 43.0 Å². The normalized spacial score (nSPS) is 19.5. The monoisotopic (exact) mass is 730 g/mol. The third-order valence-electron chi connectivity index (χ3n) is 11.1. The number of fused-ring (bicyclic) bond motifs is 3. The van der Waals surface area contributed by atoms with E-state index in [1.807, 2.05) is 0 Å². The van der Waals surface area contributed by atoms with Crippen molar-refractivity contribution in [1.82, 2.24) is 19.8 Å². The second-order valence-corrected chi connectivity index (χ2v) is 15.1. The number of aromatic nitrogens is 2. The van der Waals surface area contributed by atoms with Crippen LogP contribution in [-0.4, -0.2) is 88.1 Å². The number of halogens is 4. The van der Waals surface area contributed by atoms with Crippen molar-refractivity contribution in [3.05, 3.63) is 65.7 Å². The van der Waals surface area contributed by atoms with Gasteiger partial charge in [-0.1, -0.05) is 18.6 Å². The molecule has 4 heterocycles. The molecular formula is C40H42F4N6O3. The predicted molar refractivity (Wildman–Crippen MR) is 196 cm³/mol. The molecule has 0 radical (unpaired) electrons. The van der Waals surface area contributed by atoms with Crippen molar-refractivity contribution in [2.75, 3.05) is 44.7 Å². The number of hydrogen-bond acceptors (Lipinski definition) is 8. The molecule has 13 heteroatoms. The summed E-state index contributed by atoms with van der Waals surface area (Å²) in [4.78, 5) is 26.8. The number of nitrogens with two attached hydrogens (primary N) is 1. The summed E-state index contributed by atoms with van der Waals surface area (Å²) in [5.41, 5.74) is 5.16. The number of benzene rings is 3. The van der Waals surface area contributed by atoms with Crippen LogP contribution in [0.5, 0.6) is 11.8 Å². The van der Waals surface area contributed by atoms with Gasteiger partial charge < -0.3 is 25.4 Å². The van der Waals surface area contributed by atoms with Crippen LogP contribution in [0.3, 0.4) is 0 Å². The summed E-state index contributed by atoms with van der Waals surface area (Å²) >= 11 is 0. The molecule has 3 aliphatic heterocycles. The average molecular weight is 731 g/mol. The molecular weight excluding hydrogens is 688 g/mol. The Morgan fingerprint density at radius 1 is 1.17 bits per heavy atom. The van der Waals surface area contributed by atoms with E-state index in [0.29, 0.717) is 5.39 Å². The molecule has 3 aliphatic rings. The standard InChI is InChI=1S/C40H42F4N6O3/c1-6-25-29(41)11-10-23-18-24(51)19-26(32(23)25)33-28(38(3,4)45)20-27-35(34(33)42)46-37(53-22-39-12-8-15-49(39)16-9-13-39)47-36(27)48(5)21-30-40(43,44)14-17-50(30)31(52)7-2/h1,7,10-11,18-20,30,51H,2,8-9,12-17,21-22,45H2,3-5H3/t30-/m1/s1. The molecule has 1 aromatic heterocycles. The number of amides is 1. The molecule has 0 saturated carbocycles. The number of ether oxygens (including phenoxy) is 1. The highest BCUT2D eigenvalue weighted by Gasteiger charge is 2.51. The first-order valence-corrected chi connectivity index (χ1v) is 17.7. The van der Waals surface area contributed by atoms with E-state index in [-0.39, 0.29) is 81.4 Å². The highest BCUT2D eigenvalue weighted by Crippen LogP contribution is 2.45. The number of hydrogen-bond donors (Lipinski definition) is 2. The zero-order valence-corrected chi connectivity index (χ0v) is 30.0. The lowest BCUT2D eigenvalue weighted by molar-refractivity contribution is -0.130. The second kappa shape index (κ2) is 13.2. The third kappa shape index (κ3) is 6.21. The van der Waals surface area contributed by atoms with Crippen LogP contribution in [0, 0.1) is 24.0 Å². The van der Waals surface area contributed by atoms with Gasteiger partial charge in [0.2, 0.25) is 5.91 Å². The quantitative estimate of drug-likeness (QED) is 0.115. The first-order valence-electron chi connectivity index (χ1n) is 17.7. The zero-order valence-electron chi connectivity index (χ0n) is 30.0. The second-order valence-electron chi connectivity index (χ2n) is 15.1. The molecule has 278 valence electrons. The molecule has 0 unspecified atom stereocenters. The number of carbonyl (C=O) groups is 1. The fourth-order valence-corrected chi connectivity index (χ4v) is 8.52. The number of likely N-dealkylation sites (tertiary alicyclic amines) is 1. The van der Waals surface area contributed by atoms with E-state index in [1.54, 1.807) is 19.9 Å². The Bertz CT molecular complexity index is 2190. The van der Waals surface area contributed by atoms with Gasteiger partial charge in [0.25, 0.3) is 5.92 Å². The zero-order chi connectivity index (χ0) is 38.0. The van der Waals surface area contributed by atoms with E-state index in [9.17, 15) is 9.90 Å². The van der Waals surface area contributed by atoms with Crippen molar-refractivity contribution in [3.8, 4) is 35.2 Å². The summed E-state index contributed by atoms with van der Waals surface area (Å²) in [6.07, 6.45) is 10.1. The molecule has 4 aromatic rings. The summed E-state index contributed by atoms with van der Waals surface area (Å²) in [5.74, 6) is -3.20. The van der Waals surface area contributed by atoms with E-state index in [2.05, 4.69) is 22.4 Å². The summed E-state index contributed by atoms with van der Waals surface area (Å²) in [6, 6.07) is 5.22. The van der Waals surface area contributed by atoms with Crippen molar-refractivity contribution >= 4 is 33.4 Å². The number of phenols is 1. The molecule has 3 saturated heterocycles. The molecule has 3 N–H and O–H groups in total. The topological polar surface area (TPSA) is 108 Å². The van der Waals surface area contributed by atoms with E-state index in [1.165, 1.54) is 36.2 Å². The maximum absolute atomic E-state index is 17.6. The van der Waals surface area contributed by atoms with Gasteiger partial charge in [-0.3, -0.25) is 9.69 Å². The van der Waals surface area contributed by atoms with E-state index < -0.39 is 41.5 Å². The first-order chi connectivity index (χ1) is 25.1. The van der Waals surface area contributed by atoms with Gasteiger partial charge in [0, 0.05) is 48.4 Å². The maximum atomic E-state index is 17.6. The number of aromatic hydroxyl groups is 1. The molecule has 0 bridgehead atoms. The number of rotatable bonds is 9. The average Bonchev–Trinajstić information content (AvgIpc) is 3.78. The lowest BCUT2D eigenvalue weighted by atomic mass is 9.83. The summed E-state index contributed by atoms with van der Waals surface area (Å²) < 4.78 is 69.8. The fourth-order valence-electron chi connectivity index (χ4n) is 8.52. The minimum absolute atomic E-state index is 0.0762. The van der Waals surface area contributed by atoms with Crippen LogP contribution >= 0.6 is 0 Å². The molecule has 3 fully saturated rings. The molecule has 1 atom stereocenters. The third-order valence-corrected chi connectivity index (χ3v) is 11.1. The van der Waals surface area contributed by atoms with Crippen LogP contribution < -0.4 is 15.4 Å². The van der Waals surface area contributed by atoms with Crippen molar-refractivity contribution in [1.29, 1.82) is 0 Å². The van der Waals surface area contributed by atoms with Gasteiger partial charge in [0.05, 0.1) is 11.1 Å². The Morgan fingerprint density at radius 3 is 2.55 bits per heavy atom. The molecule has 9 nitrogen and oxygen atoms in total. The van der Waals surface area contributed by atoms with Crippen LogP contribution in [0.25, 0.3) is 32.8 Å². The summed E-state index contributed by atoms with van der Waals surface area (Å²) in [5, 5.41) is 11.5. The lowest BCUT2D eigenvalue weighted by Gasteiger charge is -2.33. The molecule has 53 heavy (non-hydrogen) atoms. The number of anilines is 1. The number of terminal acetylenes is 1. The van der Waals surface area contributed by atoms with Crippen molar-refractivity contribution in [2.45, 2.75) is 69.0 Å². The van der Waals surface area contributed by atoms with E-state index in [0.717, 1.165) is 49.7 Å². The molecule has 0 spiro atoms. The van der Waals surface area contributed by atoms with Crippen molar-refractivity contribution < 1.29 is 32.2 Å². The van der Waals surface area contributed by atoms with Crippen LogP contribution in [0.1, 0.15) is 57.1 Å². The fraction of sp³-hybridized carbons (Fsp3) is 0.425. The molecule has 0 aliphatic carbocycles. The summed E-state index contributed by atoms with van der Waals surface area (Å²) in [6.45, 7) is 8.40. The minimum Gasteiger partial charge on any atom is -0.508 e. The number of alkyl halides is 2. The maximum Gasteiger partial charge on any atom is 0.319 e. The van der Waals surface area contributed by atoms with Gasteiger partial charge in [-0.15, -0.1) is 6.42 Å². The highest BCUT2D eigenvalue weighted by atomic mass is 19.3. The summed E-state index contributed by atoms with van der Waals surface area (Å²) in [7, 11) is 1.54. The van der Waals surface area contributed by atoms with Crippen LogP contribution in [-0.2, 0) is 10.3 Å². The first kappa shape index (κ1) is 36.4. The Balaban J connectivity index is 1.46. The van der Waals surface area contributed by atoms with Gasteiger partial charge in [0.1, 0.15) is 35.6 Å². The van der Waals surface area contributed by atoms with E-state index in [4.69, 9.17) is 21.9 Å². The minimum atomic E-state index is -3.22. The van der Waals surface area contributed by atoms with Gasteiger partial charge in [-0.2, -0.15) is 9.97 Å². The molecule has 1 amide bonds. The van der Waals surface area contributed by atoms with Gasteiger partial charge >= 0.3 is 6.01 Å². The number of phenolic OH excluding ortho intramolecular Hbond substituents is 1. The number of likely N-dealkylation sites (N-methyl/N-ethyl adjacent to an activating group) is 1. The molecule has 7 rings (SSSR count). The highest BCUT2D eigenvalue weighted by molar-refractivity contribution is 6.05. The van der Waals surface area contributed by atoms with Crippen molar-refractivity contribution in [2.24, 2.45) is 5.73 Å². The lowest BCUT2D eigenvalue weighted by Crippen LogP contribution is -2.49. The van der Waals surface area contributed by atoms with Crippen LogP contribution in [0.2, 0.25) is 0 Å². The van der Waals surface area contributed by atoms with E-state index >= 15 is 17.6 Å². The smallest absolute Gasteiger partial charge is 0.319 e. The number of carbonyl (C=O) groups excluding carboxylic acids is 1. The Morgan fingerprint density at radius 2 is 1.89 bits per heavy atom. The van der Waals surface area contributed by atoms with Crippen molar-refractivity contribution in [3.63, 3.8) is 0 Å². The molecule has 3 aromatic carbocycles. The number of nitrogens with zero attached hydrogens (tertiary/aromatic N) is 5. The predicted octanol–water partition coefficient (Wildman–Crippen LogP) is 6.47. The Labute approximate surface area is 305 Å². The van der Waals surface area contributed by atoms with Crippen LogP contribution in [0.4, 0.5) is 23.4 Å².